The molecule has 110 valence electrons. The number of hydrogen-bond acceptors (Lipinski definition) is 3. The summed E-state index contributed by atoms with van der Waals surface area (Å²) in [4.78, 5) is 12.3. The smallest absolute Gasteiger partial charge is 0.232 e. The van der Waals surface area contributed by atoms with E-state index in [2.05, 4.69) is 4.72 Å². The molecule has 0 saturated carbocycles. The van der Waals surface area contributed by atoms with Crippen molar-refractivity contribution in [1.29, 1.82) is 0 Å². The second kappa shape index (κ2) is 6.10. The molecule has 0 spiro atoms. The van der Waals surface area contributed by atoms with Crippen LogP contribution < -0.4 is 4.72 Å². The van der Waals surface area contributed by atoms with Gasteiger partial charge in [-0.3, -0.25) is 9.52 Å². The van der Waals surface area contributed by atoms with Crippen LogP contribution in [-0.2, 0) is 10.0 Å². The van der Waals surface area contributed by atoms with E-state index in [1.807, 2.05) is 25.1 Å². The fraction of sp³-hybridized carbons (Fsp3) is 0.188. The zero-order valence-electron chi connectivity index (χ0n) is 12.0. The highest BCUT2D eigenvalue weighted by Gasteiger charge is 2.10. The molecular weight excluding hydrogens is 286 g/mol. The predicted molar refractivity (Wildman–Crippen MR) is 84.1 cm³/mol. The lowest BCUT2D eigenvalue weighted by Crippen LogP contribution is -2.14. The summed E-state index contributed by atoms with van der Waals surface area (Å²) in [5, 5.41) is 0. The van der Waals surface area contributed by atoms with Gasteiger partial charge in [-0.25, -0.2) is 8.42 Å². The standard InChI is InChI=1S/C16H17NO3S/c1-3-21(19,20)17-15-9-7-13(8-10-15)16(18)14-6-4-5-12(2)11-14/h4-11,17H,3H2,1-2H3. The molecule has 0 atom stereocenters. The molecule has 0 amide bonds. The Kier molecular flexibility index (Phi) is 4.43. The minimum absolute atomic E-state index is 0.0109. The average molecular weight is 303 g/mol. The van der Waals surface area contributed by atoms with Crippen LogP contribution in [0.3, 0.4) is 0 Å². The quantitative estimate of drug-likeness (QED) is 0.864. The van der Waals surface area contributed by atoms with E-state index < -0.39 is 10.0 Å². The monoisotopic (exact) mass is 303 g/mol. The molecule has 0 aliphatic heterocycles. The maximum Gasteiger partial charge on any atom is 0.232 e. The van der Waals surface area contributed by atoms with Crippen molar-refractivity contribution in [3.05, 3.63) is 65.2 Å². The molecule has 1 N–H and O–H groups in total. The summed E-state index contributed by atoms with van der Waals surface area (Å²) < 4.78 is 25.4. The third-order valence-electron chi connectivity index (χ3n) is 3.08. The molecular formula is C16H17NO3S. The number of sulfonamides is 1. The molecule has 4 nitrogen and oxygen atoms in total. The molecule has 0 fully saturated rings. The minimum Gasteiger partial charge on any atom is -0.289 e. The maximum atomic E-state index is 12.3. The zero-order chi connectivity index (χ0) is 15.5. The second-order valence-electron chi connectivity index (χ2n) is 4.78. The average Bonchev–Trinajstić information content (AvgIpc) is 2.47. The van der Waals surface area contributed by atoms with Crippen molar-refractivity contribution in [3.8, 4) is 0 Å². The van der Waals surface area contributed by atoms with Gasteiger partial charge in [0.1, 0.15) is 0 Å². The highest BCUT2D eigenvalue weighted by atomic mass is 32.2. The first-order valence-electron chi connectivity index (χ1n) is 6.63. The van der Waals surface area contributed by atoms with Crippen LogP contribution in [0.4, 0.5) is 5.69 Å². The summed E-state index contributed by atoms with van der Waals surface area (Å²) in [6.45, 7) is 3.50. The van der Waals surface area contributed by atoms with Crippen LogP contribution in [-0.4, -0.2) is 20.0 Å². The third-order valence-corrected chi connectivity index (χ3v) is 4.39. The number of ketones is 1. The molecule has 2 aromatic rings. The van der Waals surface area contributed by atoms with Crippen molar-refractivity contribution >= 4 is 21.5 Å². The number of rotatable bonds is 5. The highest BCUT2D eigenvalue weighted by molar-refractivity contribution is 7.92. The fourth-order valence-corrected chi connectivity index (χ4v) is 2.53. The largest absolute Gasteiger partial charge is 0.289 e. The van der Waals surface area contributed by atoms with Crippen LogP contribution >= 0.6 is 0 Å². The molecule has 0 radical (unpaired) electrons. The summed E-state index contributed by atoms with van der Waals surface area (Å²) in [7, 11) is -3.30. The molecule has 0 unspecified atom stereocenters. The first-order valence-corrected chi connectivity index (χ1v) is 8.28. The predicted octanol–water partition coefficient (Wildman–Crippen LogP) is 2.99. The number of carbonyl (C=O) groups is 1. The second-order valence-corrected chi connectivity index (χ2v) is 6.79. The molecule has 0 heterocycles. The van der Waals surface area contributed by atoms with E-state index in [9.17, 15) is 13.2 Å². The maximum absolute atomic E-state index is 12.3. The number of benzene rings is 2. The number of anilines is 1. The number of nitrogens with one attached hydrogen (secondary N) is 1. The van der Waals surface area contributed by atoms with E-state index in [1.165, 1.54) is 0 Å². The molecule has 2 rings (SSSR count). The number of aryl methyl sites for hydroxylation is 1. The zero-order valence-corrected chi connectivity index (χ0v) is 12.8. The van der Waals surface area contributed by atoms with Gasteiger partial charge in [0, 0.05) is 16.8 Å². The Balaban J connectivity index is 2.21. The van der Waals surface area contributed by atoms with Crippen molar-refractivity contribution < 1.29 is 13.2 Å². The van der Waals surface area contributed by atoms with Crippen LogP contribution in [0.2, 0.25) is 0 Å². The first kappa shape index (κ1) is 15.3. The van der Waals surface area contributed by atoms with Crippen molar-refractivity contribution in [2.75, 3.05) is 10.5 Å². The van der Waals surface area contributed by atoms with Crippen LogP contribution in [0.25, 0.3) is 0 Å². The van der Waals surface area contributed by atoms with E-state index in [0.29, 0.717) is 16.8 Å². The van der Waals surface area contributed by atoms with Gasteiger partial charge >= 0.3 is 0 Å². The van der Waals surface area contributed by atoms with Crippen molar-refractivity contribution in [2.45, 2.75) is 13.8 Å². The van der Waals surface area contributed by atoms with Gasteiger partial charge in [-0.15, -0.1) is 0 Å². The van der Waals surface area contributed by atoms with Gasteiger partial charge in [-0.2, -0.15) is 0 Å². The Morgan fingerprint density at radius 3 is 2.29 bits per heavy atom. The molecule has 0 aromatic heterocycles. The molecule has 0 saturated heterocycles. The first-order chi connectivity index (χ1) is 9.91. The lowest BCUT2D eigenvalue weighted by Gasteiger charge is -2.07. The normalized spacial score (nSPS) is 11.1. The highest BCUT2D eigenvalue weighted by Crippen LogP contribution is 2.15. The van der Waals surface area contributed by atoms with E-state index in [0.717, 1.165) is 5.56 Å². The van der Waals surface area contributed by atoms with Crippen LogP contribution in [0.15, 0.2) is 48.5 Å². The summed E-state index contributed by atoms with van der Waals surface area (Å²) in [5.74, 6) is -0.0691. The van der Waals surface area contributed by atoms with Crippen molar-refractivity contribution in [3.63, 3.8) is 0 Å². The Hall–Kier alpha value is -2.14. The topological polar surface area (TPSA) is 63.2 Å². The van der Waals surface area contributed by atoms with Crippen molar-refractivity contribution in [1.82, 2.24) is 0 Å². The molecule has 5 heteroatoms. The molecule has 0 aliphatic rings. The van der Waals surface area contributed by atoms with Crippen LogP contribution in [0.5, 0.6) is 0 Å². The third kappa shape index (κ3) is 3.92. The minimum atomic E-state index is -3.30. The number of carbonyl (C=O) groups excluding carboxylic acids is 1. The van der Waals surface area contributed by atoms with Crippen molar-refractivity contribution in [2.24, 2.45) is 0 Å². The van der Waals surface area contributed by atoms with Crippen LogP contribution in [0.1, 0.15) is 28.4 Å². The lowest BCUT2D eigenvalue weighted by atomic mass is 10.0. The Labute approximate surface area is 124 Å². The fourth-order valence-electron chi connectivity index (χ4n) is 1.89. The number of hydrogen-bond donors (Lipinski definition) is 1. The summed E-state index contributed by atoms with van der Waals surface area (Å²) >= 11 is 0. The van der Waals surface area contributed by atoms with E-state index >= 15 is 0 Å². The summed E-state index contributed by atoms with van der Waals surface area (Å²) in [6, 6.07) is 13.8. The van der Waals surface area contributed by atoms with E-state index in [4.69, 9.17) is 0 Å². The molecule has 0 aliphatic carbocycles. The van der Waals surface area contributed by atoms with Gasteiger partial charge in [-0.05, 0) is 44.2 Å². The lowest BCUT2D eigenvalue weighted by molar-refractivity contribution is 0.103. The Morgan fingerprint density at radius 1 is 1.05 bits per heavy atom. The van der Waals surface area contributed by atoms with Gasteiger partial charge < -0.3 is 0 Å². The van der Waals surface area contributed by atoms with Gasteiger partial charge in [0.25, 0.3) is 0 Å². The summed E-state index contributed by atoms with van der Waals surface area (Å²) in [6.07, 6.45) is 0. The van der Waals surface area contributed by atoms with E-state index in [-0.39, 0.29) is 11.5 Å². The van der Waals surface area contributed by atoms with Gasteiger partial charge in [0.2, 0.25) is 10.0 Å². The molecule has 2 aromatic carbocycles. The van der Waals surface area contributed by atoms with Gasteiger partial charge in [0.05, 0.1) is 5.75 Å². The Bertz CT molecular complexity index is 749. The Morgan fingerprint density at radius 2 is 1.71 bits per heavy atom. The van der Waals surface area contributed by atoms with Gasteiger partial charge in [0.15, 0.2) is 5.78 Å². The van der Waals surface area contributed by atoms with Gasteiger partial charge in [-0.1, -0.05) is 23.8 Å². The van der Waals surface area contributed by atoms with E-state index in [1.54, 1.807) is 37.3 Å². The summed E-state index contributed by atoms with van der Waals surface area (Å²) in [5.41, 5.74) is 2.63. The molecule has 0 bridgehead atoms. The van der Waals surface area contributed by atoms with Crippen LogP contribution in [0, 0.1) is 6.92 Å². The molecule has 21 heavy (non-hydrogen) atoms. The SMILES string of the molecule is CCS(=O)(=O)Nc1ccc(C(=O)c2cccc(C)c2)cc1.